The molecule has 3 aromatic heterocycles. The van der Waals surface area contributed by atoms with Crippen molar-refractivity contribution in [3.63, 3.8) is 0 Å². The van der Waals surface area contributed by atoms with Crippen molar-refractivity contribution in [2.75, 3.05) is 11.6 Å². The number of fused-ring (bicyclic) bond motifs is 1. The molecule has 22 heavy (non-hydrogen) atoms. The van der Waals surface area contributed by atoms with Crippen LogP contribution in [0, 0.1) is 0 Å². The fraction of sp³-hybridized carbons (Fsp3) is 0.0833. The maximum absolute atomic E-state index is 9.04. The standard InChI is InChI=1S/C6H4ClN3.C4H4ClN3.C2H3ClO/c7-5-1-2-6-8-3-4-10(6)9-5;5-3-1-2-4(6)8-7-3;3-1-2-4/h1-4H;1-2H,(H2,6,8);2H,1H2. The van der Waals surface area contributed by atoms with E-state index in [1.165, 1.54) is 0 Å². The summed E-state index contributed by atoms with van der Waals surface area (Å²) in [6.07, 6.45) is 4.07. The molecule has 7 nitrogen and oxygen atoms in total. The summed E-state index contributed by atoms with van der Waals surface area (Å²) < 4.78 is 1.63. The van der Waals surface area contributed by atoms with Gasteiger partial charge in [-0.15, -0.1) is 21.8 Å². The second-order valence-corrected chi connectivity index (χ2v) is 4.57. The predicted molar refractivity (Wildman–Crippen MR) is 86.2 cm³/mol. The molecule has 0 saturated heterocycles. The maximum Gasteiger partial charge on any atom is 0.153 e. The van der Waals surface area contributed by atoms with Gasteiger partial charge in [0.25, 0.3) is 0 Å². The van der Waals surface area contributed by atoms with E-state index in [9.17, 15) is 0 Å². The number of anilines is 1. The van der Waals surface area contributed by atoms with Crippen LogP contribution in [0.5, 0.6) is 0 Å². The number of hydrogen-bond donors (Lipinski definition) is 1. The number of halogens is 3. The summed E-state index contributed by atoms with van der Waals surface area (Å²) >= 11 is 15.8. The smallest absolute Gasteiger partial charge is 0.153 e. The van der Waals surface area contributed by atoms with E-state index in [1.807, 2.05) is 6.07 Å². The number of carbonyl (C=O) groups is 1. The van der Waals surface area contributed by atoms with Gasteiger partial charge < -0.3 is 10.5 Å². The minimum absolute atomic E-state index is 0.111. The first-order chi connectivity index (χ1) is 10.6. The molecule has 2 N–H and O–H groups in total. The monoisotopic (exact) mass is 360 g/mol. The molecule has 3 rings (SSSR count). The van der Waals surface area contributed by atoms with Crippen LogP contribution in [0.2, 0.25) is 10.3 Å². The van der Waals surface area contributed by atoms with Crippen molar-refractivity contribution in [1.29, 1.82) is 0 Å². The molecule has 0 aliphatic rings. The highest BCUT2D eigenvalue weighted by Crippen LogP contribution is 2.04. The number of nitrogens with zero attached hydrogens (tertiary/aromatic N) is 5. The van der Waals surface area contributed by atoms with E-state index in [0.717, 1.165) is 5.65 Å². The lowest BCUT2D eigenvalue weighted by atomic mass is 10.5. The number of carbonyl (C=O) groups excluding carboxylic acids is 1. The molecule has 0 aliphatic heterocycles. The van der Waals surface area contributed by atoms with Gasteiger partial charge in [0.2, 0.25) is 0 Å². The summed E-state index contributed by atoms with van der Waals surface area (Å²) in [6.45, 7) is 0. The fourth-order valence-corrected chi connectivity index (χ4v) is 1.36. The lowest BCUT2D eigenvalue weighted by Gasteiger charge is -1.90. The highest BCUT2D eigenvalue weighted by atomic mass is 35.5. The number of alkyl halides is 1. The molecule has 3 aromatic rings. The van der Waals surface area contributed by atoms with Crippen LogP contribution in [0.25, 0.3) is 5.65 Å². The second kappa shape index (κ2) is 9.88. The Labute approximate surface area is 141 Å². The van der Waals surface area contributed by atoms with Crippen molar-refractivity contribution in [3.05, 3.63) is 47.0 Å². The van der Waals surface area contributed by atoms with E-state index in [2.05, 4.69) is 20.3 Å². The number of nitrogen functional groups attached to an aromatic ring is 1. The van der Waals surface area contributed by atoms with Gasteiger partial charge in [0.05, 0.1) is 5.88 Å². The minimum Gasteiger partial charge on any atom is -0.382 e. The zero-order valence-corrected chi connectivity index (χ0v) is 13.4. The molecule has 0 amide bonds. The maximum atomic E-state index is 9.04. The van der Waals surface area contributed by atoms with E-state index >= 15 is 0 Å². The van der Waals surface area contributed by atoms with E-state index in [4.69, 9.17) is 45.3 Å². The summed E-state index contributed by atoms with van der Waals surface area (Å²) in [5.41, 5.74) is 6.00. The Balaban J connectivity index is 0.000000182. The molecule has 116 valence electrons. The van der Waals surface area contributed by atoms with Gasteiger partial charge in [-0.2, -0.15) is 5.10 Å². The van der Waals surface area contributed by atoms with Crippen LogP contribution in [0.4, 0.5) is 5.82 Å². The highest BCUT2D eigenvalue weighted by Gasteiger charge is 1.93. The SMILES string of the molecule is Clc1ccc2nccn2n1.Nc1ccc(Cl)nn1.O=CCCl. The number of aldehydes is 1. The van der Waals surface area contributed by atoms with Crippen LogP contribution in [-0.4, -0.2) is 37.0 Å². The van der Waals surface area contributed by atoms with Gasteiger partial charge in [0.15, 0.2) is 10.8 Å². The molecular formula is C12H11Cl3N6O. The Hall–Kier alpha value is -1.96. The Morgan fingerprint density at radius 3 is 2.36 bits per heavy atom. The normalized spacial score (nSPS) is 9.23. The largest absolute Gasteiger partial charge is 0.382 e. The Morgan fingerprint density at radius 1 is 1.14 bits per heavy atom. The Kier molecular flexibility index (Phi) is 8.13. The van der Waals surface area contributed by atoms with Crippen molar-refractivity contribution in [1.82, 2.24) is 24.8 Å². The first-order valence-electron chi connectivity index (χ1n) is 5.77. The lowest BCUT2D eigenvalue weighted by Crippen LogP contribution is -1.90. The quantitative estimate of drug-likeness (QED) is 0.528. The average molecular weight is 362 g/mol. The molecule has 0 aliphatic carbocycles. The van der Waals surface area contributed by atoms with Crippen LogP contribution < -0.4 is 5.73 Å². The third kappa shape index (κ3) is 6.66. The number of imidazole rings is 1. The Bertz CT molecular complexity index is 682. The minimum atomic E-state index is 0.111. The summed E-state index contributed by atoms with van der Waals surface area (Å²) in [4.78, 5) is 13.0. The van der Waals surface area contributed by atoms with Crippen molar-refractivity contribution >= 4 is 52.6 Å². The van der Waals surface area contributed by atoms with Crippen LogP contribution >= 0.6 is 34.8 Å². The van der Waals surface area contributed by atoms with Crippen LogP contribution in [0.15, 0.2) is 36.7 Å². The third-order valence-electron chi connectivity index (χ3n) is 1.94. The van der Waals surface area contributed by atoms with Gasteiger partial charge in [0.1, 0.15) is 17.3 Å². The van der Waals surface area contributed by atoms with Gasteiger partial charge in [-0.05, 0) is 24.3 Å². The molecule has 0 unspecified atom stereocenters. The van der Waals surface area contributed by atoms with Crippen LogP contribution in [-0.2, 0) is 4.79 Å². The van der Waals surface area contributed by atoms with Gasteiger partial charge in [-0.3, -0.25) is 0 Å². The molecule has 0 bridgehead atoms. The summed E-state index contributed by atoms with van der Waals surface area (Å²) in [5, 5.41) is 11.7. The molecule has 0 atom stereocenters. The van der Waals surface area contributed by atoms with Crippen molar-refractivity contribution in [2.24, 2.45) is 0 Å². The molecule has 0 fully saturated rings. The predicted octanol–water partition coefficient (Wildman–Crippen LogP) is 2.52. The van der Waals surface area contributed by atoms with Crippen LogP contribution in [0.3, 0.4) is 0 Å². The summed E-state index contributed by atoms with van der Waals surface area (Å²) in [7, 11) is 0. The molecule has 0 spiro atoms. The lowest BCUT2D eigenvalue weighted by molar-refractivity contribution is -0.105. The van der Waals surface area contributed by atoms with E-state index in [1.54, 1.807) is 35.1 Å². The van der Waals surface area contributed by atoms with Gasteiger partial charge in [0, 0.05) is 12.4 Å². The van der Waals surface area contributed by atoms with Gasteiger partial charge >= 0.3 is 0 Å². The second-order valence-electron chi connectivity index (χ2n) is 3.49. The summed E-state index contributed by atoms with van der Waals surface area (Å²) in [5.74, 6) is 0.495. The first-order valence-corrected chi connectivity index (χ1v) is 7.06. The number of nitrogens with two attached hydrogens (primary N) is 1. The number of hydrogen-bond acceptors (Lipinski definition) is 6. The zero-order valence-electron chi connectivity index (χ0n) is 11.1. The van der Waals surface area contributed by atoms with Crippen molar-refractivity contribution in [2.45, 2.75) is 0 Å². The van der Waals surface area contributed by atoms with Gasteiger partial charge in [-0.25, -0.2) is 9.50 Å². The van der Waals surface area contributed by atoms with E-state index in [-0.39, 0.29) is 5.88 Å². The molecule has 0 saturated carbocycles. The first kappa shape index (κ1) is 18.1. The Morgan fingerprint density at radius 2 is 1.82 bits per heavy atom. The highest BCUT2D eigenvalue weighted by molar-refractivity contribution is 6.29. The fourth-order valence-electron chi connectivity index (χ4n) is 1.12. The van der Waals surface area contributed by atoms with Gasteiger partial charge in [-0.1, -0.05) is 23.2 Å². The number of aromatic nitrogens is 5. The van der Waals surface area contributed by atoms with Crippen molar-refractivity contribution < 1.29 is 4.79 Å². The molecule has 10 heteroatoms. The average Bonchev–Trinajstić information content (AvgIpc) is 2.98. The molecule has 0 aromatic carbocycles. The topological polar surface area (TPSA) is 99.1 Å². The molecule has 0 radical (unpaired) electrons. The van der Waals surface area contributed by atoms with E-state index < -0.39 is 0 Å². The molecule has 3 heterocycles. The zero-order chi connectivity index (χ0) is 16.4. The third-order valence-corrected chi connectivity index (χ3v) is 2.47. The van der Waals surface area contributed by atoms with E-state index in [0.29, 0.717) is 22.4 Å². The van der Waals surface area contributed by atoms with Crippen LogP contribution in [0.1, 0.15) is 0 Å². The molecular weight excluding hydrogens is 351 g/mol. The summed E-state index contributed by atoms with van der Waals surface area (Å²) in [6, 6.07) is 6.71. The van der Waals surface area contributed by atoms with Crippen molar-refractivity contribution in [3.8, 4) is 0 Å². The number of rotatable bonds is 1.